The van der Waals surface area contributed by atoms with Gasteiger partial charge in [0.15, 0.2) is 0 Å². The van der Waals surface area contributed by atoms with Crippen molar-refractivity contribution in [2.24, 2.45) is 0 Å². The third kappa shape index (κ3) is 6.06. The normalized spacial score (nSPS) is 22.2. The van der Waals surface area contributed by atoms with Gasteiger partial charge in [0.2, 0.25) is 0 Å². The van der Waals surface area contributed by atoms with Crippen LogP contribution in [0.25, 0.3) is 0 Å². The average Bonchev–Trinajstić information content (AvgIpc) is 2.49. The monoisotopic (exact) mass is 282 g/mol. The maximum absolute atomic E-state index is 11.6. The summed E-state index contributed by atoms with van der Waals surface area (Å²) in [4.78, 5) is 22.0. The van der Waals surface area contributed by atoms with E-state index in [1.165, 1.54) is 44.6 Å². The molecule has 2 fully saturated rings. The molecular formula is C16H26O4. The molecule has 0 aliphatic heterocycles. The summed E-state index contributed by atoms with van der Waals surface area (Å²) in [6, 6.07) is 0. The van der Waals surface area contributed by atoms with E-state index in [-0.39, 0.29) is 18.2 Å². The molecule has 0 unspecified atom stereocenters. The number of hydrogen-bond acceptors (Lipinski definition) is 4. The summed E-state index contributed by atoms with van der Waals surface area (Å²) in [6.07, 6.45) is 14.9. The lowest BCUT2D eigenvalue weighted by atomic mass is 9.98. The summed E-state index contributed by atoms with van der Waals surface area (Å²) in [6.45, 7) is 0.302. The first-order valence-electron chi connectivity index (χ1n) is 8.00. The van der Waals surface area contributed by atoms with E-state index in [2.05, 4.69) is 0 Å². The first kappa shape index (κ1) is 15.5. The molecule has 0 atom stereocenters. The Labute approximate surface area is 121 Å². The van der Waals surface area contributed by atoms with Crippen molar-refractivity contribution in [2.45, 2.75) is 76.4 Å². The minimum absolute atomic E-state index is 0.111. The molecule has 20 heavy (non-hydrogen) atoms. The van der Waals surface area contributed by atoms with Gasteiger partial charge in [0, 0.05) is 6.08 Å². The number of esters is 1. The third-order valence-electron chi connectivity index (χ3n) is 4.01. The van der Waals surface area contributed by atoms with Gasteiger partial charge in [0.05, 0.1) is 6.10 Å². The fraction of sp³-hybridized carbons (Fsp3) is 0.812. The van der Waals surface area contributed by atoms with Gasteiger partial charge in [0.1, 0.15) is 12.7 Å². The topological polar surface area (TPSA) is 44.8 Å². The molecule has 0 aromatic carbocycles. The van der Waals surface area contributed by atoms with Crippen LogP contribution in [0.4, 0.5) is 0 Å². The Morgan fingerprint density at radius 2 is 1.50 bits per heavy atom. The fourth-order valence-electron chi connectivity index (χ4n) is 2.87. The Bertz CT molecular complexity index is 302. The van der Waals surface area contributed by atoms with Gasteiger partial charge in [-0.2, -0.15) is 0 Å². The van der Waals surface area contributed by atoms with Crippen molar-refractivity contribution in [3.05, 3.63) is 12.2 Å². The average molecular weight is 282 g/mol. The second kappa shape index (κ2) is 9.14. The highest BCUT2D eigenvalue weighted by Gasteiger charge is 2.16. The molecule has 0 bridgehead atoms. The summed E-state index contributed by atoms with van der Waals surface area (Å²) < 4.78 is 5.37. The van der Waals surface area contributed by atoms with Crippen LogP contribution in [0.5, 0.6) is 0 Å². The molecule has 2 rings (SSSR count). The molecule has 0 aromatic heterocycles. The molecule has 0 heterocycles. The summed E-state index contributed by atoms with van der Waals surface area (Å²) in [5.41, 5.74) is 0. The molecule has 0 radical (unpaired) electrons. The molecule has 0 aromatic rings. The van der Waals surface area contributed by atoms with Gasteiger partial charge in [-0.1, -0.05) is 25.7 Å². The van der Waals surface area contributed by atoms with Crippen molar-refractivity contribution < 1.29 is 19.3 Å². The smallest absolute Gasteiger partial charge is 0.330 e. The van der Waals surface area contributed by atoms with Crippen molar-refractivity contribution in [1.29, 1.82) is 0 Å². The van der Waals surface area contributed by atoms with Crippen molar-refractivity contribution in [1.82, 2.24) is 0 Å². The Hall–Kier alpha value is -0.870. The van der Waals surface area contributed by atoms with E-state index in [1.807, 2.05) is 0 Å². The van der Waals surface area contributed by atoms with Gasteiger partial charge < -0.3 is 4.74 Å². The third-order valence-corrected chi connectivity index (χ3v) is 4.01. The standard InChI is InChI=1S/C16H26O4/c17-16(19-14-8-3-1-4-9-14)12-7-13-18-20-15-10-5-2-6-11-15/h7,12,14-15H,1-6,8-11,13H2. The van der Waals surface area contributed by atoms with Crippen LogP contribution >= 0.6 is 0 Å². The zero-order valence-electron chi connectivity index (χ0n) is 12.2. The van der Waals surface area contributed by atoms with Gasteiger partial charge in [-0.15, -0.1) is 0 Å². The Balaban J connectivity index is 1.52. The molecule has 2 aliphatic carbocycles. The molecule has 4 nitrogen and oxygen atoms in total. The number of ether oxygens (including phenoxy) is 1. The first-order valence-corrected chi connectivity index (χ1v) is 8.00. The lowest BCUT2D eigenvalue weighted by Gasteiger charge is -2.21. The van der Waals surface area contributed by atoms with Crippen LogP contribution < -0.4 is 0 Å². The van der Waals surface area contributed by atoms with E-state index in [0.29, 0.717) is 6.61 Å². The number of carbonyl (C=O) groups is 1. The predicted octanol–water partition coefficient (Wildman–Crippen LogP) is 3.70. The molecule has 0 amide bonds. The second-order valence-corrected chi connectivity index (χ2v) is 5.74. The van der Waals surface area contributed by atoms with Crippen molar-refractivity contribution >= 4 is 5.97 Å². The van der Waals surface area contributed by atoms with Gasteiger partial charge in [-0.05, 0) is 44.6 Å². The van der Waals surface area contributed by atoms with Gasteiger partial charge >= 0.3 is 5.97 Å². The molecule has 0 saturated heterocycles. The highest BCUT2D eigenvalue weighted by molar-refractivity contribution is 5.82. The van der Waals surface area contributed by atoms with Crippen LogP contribution in [0.1, 0.15) is 64.2 Å². The van der Waals surface area contributed by atoms with Crippen LogP contribution in [0.2, 0.25) is 0 Å². The number of hydrogen-bond donors (Lipinski definition) is 0. The quantitative estimate of drug-likeness (QED) is 0.245. The van der Waals surface area contributed by atoms with E-state index in [1.54, 1.807) is 6.08 Å². The van der Waals surface area contributed by atoms with E-state index < -0.39 is 0 Å². The van der Waals surface area contributed by atoms with Gasteiger partial charge in [-0.3, -0.25) is 0 Å². The Kier molecular flexibility index (Phi) is 7.09. The van der Waals surface area contributed by atoms with Crippen LogP contribution in [0, 0.1) is 0 Å². The lowest BCUT2D eigenvalue weighted by Crippen LogP contribution is -2.19. The Morgan fingerprint density at radius 3 is 2.15 bits per heavy atom. The molecule has 0 spiro atoms. The highest BCUT2D eigenvalue weighted by Crippen LogP contribution is 2.21. The van der Waals surface area contributed by atoms with Crippen LogP contribution in [0.15, 0.2) is 12.2 Å². The summed E-state index contributed by atoms with van der Waals surface area (Å²) in [5.74, 6) is -0.266. The number of carbonyl (C=O) groups excluding carboxylic acids is 1. The summed E-state index contributed by atoms with van der Waals surface area (Å²) in [7, 11) is 0. The molecule has 2 aliphatic rings. The fourth-order valence-corrected chi connectivity index (χ4v) is 2.87. The van der Waals surface area contributed by atoms with Crippen molar-refractivity contribution in [2.75, 3.05) is 6.61 Å². The molecule has 114 valence electrons. The van der Waals surface area contributed by atoms with E-state index in [4.69, 9.17) is 14.5 Å². The zero-order valence-corrected chi connectivity index (χ0v) is 12.2. The van der Waals surface area contributed by atoms with Crippen LogP contribution in [-0.2, 0) is 19.3 Å². The van der Waals surface area contributed by atoms with E-state index >= 15 is 0 Å². The summed E-state index contributed by atoms with van der Waals surface area (Å²) >= 11 is 0. The highest BCUT2D eigenvalue weighted by atomic mass is 17.2. The summed E-state index contributed by atoms with van der Waals surface area (Å²) in [5, 5.41) is 0. The van der Waals surface area contributed by atoms with Crippen molar-refractivity contribution in [3.8, 4) is 0 Å². The maximum atomic E-state index is 11.6. The van der Waals surface area contributed by atoms with Gasteiger partial charge in [-0.25, -0.2) is 14.6 Å². The zero-order chi connectivity index (χ0) is 14.0. The molecular weight excluding hydrogens is 256 g/mol. The Morgan fingerprint density at radius 1 is 0.900 bits per heavy atom. The van der Waals surface area contributed by atoms with E-state index in [0.717, 1.165) is 25.7 Å². The number of rotatable bonds is 6. The van der Waals surface area contributed by atoms with Gasteiger partial charge in [0.25, 0.3) is 0 Å². The first-order chi connectivity index (χ1) is 9.84. The largest absolute Gasteiger partial charge is 0.459 e. The molecule has 0 N–H and O–H groups in total. The lowest BCUT2D eigenvalue weighted by molar-refractivity contribution is -0.321. The molecule has 2 saturated carbocycles. The van der Waals surface area contributed by atoms with Crippen molar-refractivity contribution in [3.63, 3.8) is 0 Å². The second-order valence-electron chi connectivity index (χ2n) is 5.74. The van der Waals surface area contributed by atoms with E-state index in [9.17, 15) is 4.79 Å². The SMILES string of the molecule is O=C(C=CCOOC1CCCCC1)OC1CCCCC1. The maximum Gasteiger partial charge on any atom is 0.330 e. The predicted molar refractivity (Wildman–Crippen MR) is 76.0 cm³/mol. The van der Waals surface area contributed by atoms with Crippen LogP contribution in [-0.4, -0.2) is 24.8 Å². The minimum Gasteiger partial charge on any atom is -0.459 e. The van der Waals surface area contributed by atoms with Crippen LogP contribution in [0.3, 0.4) is 0 Å². The minimum atomic E-state index is -0.266. The molecule has 4 heteroatoms.